The Balaban J connectivity index is 1.69. The van der Waals surface area contributed by atoms with E-state index in [0.29, 0.717) is 25.2 Å². The molecule has 5 nitrogen and oxygen atoms in total. The van der Waals surface area contributed by atoms with Gasteiger partial charge in [0.15, 0.2) is 0 Å². The van der Waals surface area contributed by atoms with Crippen LogP contribution in [0.4, 0.5) is 4.79 Å². The van der Waals surface area contributed by atoms with Crippen LogP contribution in [0.25, 0.3) is 0 Å². The summed E-state index contributed by atoms with van der Waals surface area (Å²) in [5, 5.41) is 7.08. The first-order valence-electron chi connectivity index (χ1n) is 6.66. The second kappa shape index (κ2) is 6.21. The monoisotopic (exact) mass is 241 g/mol. The third-order valence-corrected chi connectivity index (χ3v) is 3.94. The summed E-state index contributed by atoms with van der Waals surface area (Å²) in [7, 11) is 0. The molecule has 1 aliphatic heterocycles. The van der Waals surface area contributed by atoms with Crippen LogP contribution in [0, 0.1) is 5.92 Å². The van der Waals surface area contributed by atoms with Crippen molar-refractivity contribution < 1.29 is 9.53 Å². The zero-order valence-electron chi connectivity index (χ0n) is 10.3. The SMILES string of the molecule is NC(=O)OCCNC1CCCC1C1CCCN1. The number of nitrogens with one attached hydrogen (secondary N) is 2. The van der Waals surface area contributed by atoms with E-state index in [-0.39, 0.29) is 0 Å². The number of hydrogen-bond acceptors (Lipinski definition) is 4. The van der Waals surface area contributed by atoms with E-state index in [1.54, 1.807) is 0 Å². The molecule has 2 fully saturated rings. The molecule has 17 heavy (non-hydrogen) atoms. The summed E-state index contributed by atoms with van der Waals surface area (Å²) in [4.78, 5) is 10.4. The van der Waals surface area contributed by atoms with Gasteiger partial charge in [-0.1, -0.05) is 6.42 Å². The van der Waals surface area contributed by atoms with Gasteiger partial charge in [-0.3, -0.25) is 0 Å². The fourth-order valence-corrected chi connectivity index (χ4v) is 3.20. The molecule has 5 heteroatoms. The van der Waals surface area contributed by atoms with Crippen molar-refractivity contribution in [3.63, 3.8) is 0 Å². The minimum absolute atomic E-state index is 0.372. The summed E-state index contributed by atoms with van der Waals surface area (Å²) < 4.78 is 4.72. The van der Waals surface area contributed by atoms with E-state index >= 15 is 0 Å². The Labute approximate surface area is 102 Å². The second-order valence-corrected chi connectivity index (χ2v) is 5.03. The Morgan fingerprint density at radius 2 is 2.24 bits per heavy atom. The van der Waals surface area contributed by atoms with Gasteiger partial charge in [-0.2, -0.15) is 0 Å². The summed E-state index contributed by atoms with van der Waals surface area (Å²) in [6.45, 7) is 2.24. The number of nitrogens with two attached hydrogens (primary N) is 1. The van der Waals surface area contributed by atoms with Gasteiger partial charge in [0.2, 0.25) is 0 Å². The largest absolute Gasteiger partial charge is 0.448 e. The van der Waals surface area contributed by atoms with E-state index < -0.39 is 6.09 Å². The Morgan fingerprint density at radius 1 is 1.35 bits per heavy atom. The first-order valence-corrected chi connectivity index (χ1v) is 6.66. The molecule has 3 unspecified atom stereocenters. The average molecular weight is 241 g/mol. The number of rotatable bonds is 5. The lowest BCUT2D eigenvalue weighted by Gasteiger charge is -2.26. The predicted molar refractivity (Wildman–Crippen MR) is 65.7 cm³/mol. The van der Waals surface area contributed by atoms with Gasteiger partial charge in [0, 0.05) is 18.6 Å². The highest BCUT2D eigenvalue weighted by molar-refractivity contribution is 5.64. The van der Waals surface area contributed by atoms with Crippen molar-refractivity contribution in [3.05, 3.63) is 0 Å². The fraction of sp³-hybridized carbons (Fsp3) is 0.917. The first-order chi connectivity index (χ1) is 8.27. The lowest BCUT2D eigenvalue weighted by Crippen LogP contribution is -2.43. The van der Waals surface area contributed by atoms with Crippen molar-refractivity contribution in [1.29, 1.82) is 0 Å². The van der Waals surface area contributed by atoms with Gasteiger partial charge in [0.1, 0.15) is 6.61 Å². The number of carbonyl (C=O) groups is 1. The van der Waals surface area contributed by atoms with Crippen LogP contribution in [0.2, 0.25) is 0 Å². The van der Waals surface area contributed by atoms with Crippen molar-refractivity contribution >= 4 is 6.09 Å². The molecule has 0 bridgehead atoms. The Kier molecular flexibility index (Phi) is 4.62. The molecule has 98 valence electrons. The van der Waals surface area contributed by atoms with Gasteiger partial charge < -0.3 is 21.1 Å². The molecule has 1 amide bonds. The van der Waals surface area contributed by atoms with Gasteiger partial charge in [-0.15, -0.1) is 0 Å². The highest BCUT2D eigenvalue weighted by Gasteiger charge is 2.34. The number of carbonyl (C=O) groups excluding carboxylic acids is 1. The smallest absolute Gasteiger partial charge is 0.404 e. The minimum atomic E-state index is -0.688. The van der Waals surface area contributed by atoms with Crippen LogP contribution in [-0.4, -0.2) is 37.9 Å². The summed E-state index contributed by atoms with van der Waals surface area (Å²) in [6.07, 6.45) is 5.77. The predicted octanol–water partition coefficient (Wildman–Crippen LogP) is 0.592. The van der Waals surface area contributed by atoms with Crippen LogP contribution in [0.1, 0.15) is 32.1 Å². The highest BCUT2D eigenvalue weighted by atomic mass is 16.5. The summed E-state index contributed by atoms with van der Waals surface area (Å²) >= 11 is 0. The Bertz CT molecular complexity index is 254. The highest BCUT2D eigenvalue weighted by Crippen LogP contribution is 2.31. The zero-order chi connectivity index (χ0) is 12.1. The summed E-state index contributed by atoms with van der Waals surface area (Å²) in [6, 6.07) is 1.26. The fourth-order valence-electron chi connectivity index (χ4n) is 3.20. The van der Waals surface area contributed by atoms with Crippen LogP contribution in [0.15, 0.2) is 0 Å². The average Bonchev–Trinajstić information content (AvgIpc) is 2.94. The molecule has 0 aromatic carbocycles. The standard InChI is InChI=1S/C12H23N3O2/c13-12(16)17-8-7-15-10-4-1-3-9(10)11-5-2-6-14-11/h9-11,14-15H,1-8H2,(H2,13,16). The molecular weight excluding hydrogens is 218 g/mol. The maximum atomic E-state index is 10.4. The zero-order valence-corrected chi connectivity index (χ0v) is 10.3. The molecule has 4 N–H and O–H groups in total. The number of hydrogen-bond donors (Lipinski definition) is 3. The van der Waals surface area contributed by atoms with E-state index in [4.69, 9.17) is 10.5 Å². The lowest BCUT2D eigenvalue weighted by molar-refractivity contribution is 0.154. The van der Waals surface area contributed by atoms with Gasteiger partial charge in [0.25, 0.3) is 0 Å². The Hall–Kier alpha value is -0.810. The van der Waals surface area contributed by atoms with Gasteiger partial charge in [-0.05, 0) is 38.1 Å². The Morgan fingerprint density at radius 3 is 2.94 bits per heavy atom. The maximum absolute atomic E-state index is 10.4. The molecule has 2 rings (SSSR count). The molecule has 0 aromatic rings. The van der Waals surface area contributed by atoms with E-state index in [2.05, 4.69) is 10.6 Å². The van der Waals surface area contributed by atoms with Gasteiger partial charge in [0.05, 0.1) is 0 Å². The molecule has 3 atom stereocenters. The quantitative estimate of drug-likeness (QED) is 0.616. The van der Waals surface area contributed by atoms with E-state index in [9.17, 15) is 4.79 Å². The van der Waals surface area contributed by atoms with Crippen LogP contribution < -0.4 is 16.4 Å². The molecule has 1 aliphatic carbocycles. The molecule has 0 spiro atoms. The van der Waals surface area contributed by atoms with Crippen LogP contribution in [0.5, 0.6) is 0 Å². The molecule has 0 aromatic heterocycles. The number of ether oxygens (including phenoxy) is 1. The van der Waals surface area contributed by atoms with Gasteiger partial charge in [-0.25, -0.2) is 4.79 Å². The van der Waals surface area contributed by atoms with Crippen molar-refractivity contribution in [2.45, 2.75) is 44.2 Å². The van der Waals surface area contributed by atoms with E-state index in [1.807, 2.05) is 0 Å². The van der Waals surface area contributed by atoms with E-state index in [1.165, 1.54) is 38.6 Å². The molecule has 1 saturated carbocycles. The van der Waals surface area contributed by atoms with Crippen molar-refractivity contribution in [3.8, 4) is 0 Å². The minimum Gasteiger partial charge on any atom is -0.448 e. The van der Waals surface area contributed by atoms with Gasteiger partial charge >= 0.3 is 6.09 Å². The molecular formula is C12H23N3O2. The molecule has 1 heterocycles. The number of amides is 1. The van der Waals surface area contributed by atoms with Crippen molar-refractivity contribution in [1.82, 2.24) is 10.6 Å². The van der Waals surface area contributed by atoms with Crippen molar-refractivity contribution in [2.75, 3.05) is 19.7 Å². The van der Waals surface area contributed by atoms with Crippen molar-refractivity contribution in [2.24, 2.45) is 11.7 Å². The normalized spacial score (nSPS) is 32.8. The third kappa shape index (κ3) is 3.57. The second-order valence-electron chi connectivity index (χ2n) is 5.03. The number of primary amides is 1. The topological polar surface area (TPSA) is 76.4 Å². The maximum Gasteiger partial charge on any atom is 0.404 e. The summed E-state index contributed by atoms with van der Waals surface area (Å²) in [5.74, 6) is 0.742. The van der Waals surface area contributed by atoms with Crippen LogP contribution in [-0.2, 0) is 4.74 Å². The van der Waals surface area contributed by atoms with E-state index in [0.717, 1.165) is 5.92 Å². The molecule has 1 saturated heterocycles. The molecule has 0 radical (unpaired) electrons. The van der Waals surface area contributed by atoms with Crippen LogP contribution >= 0.6 is 0 Å². The lowest BCUT2D eigenvalue weighted by atomic mass is 9.93. The van der Waals surface area contributed by atoms with Crippen LogP contribution in [0.3, 0.4) is 0 Å². The molecule has 2 aliphatic rings. The third-order valence-electron chi connectivity index (χ3n) is 3.94. The summed E-state index contributed by atoms with van der Waals surface area (Å²) in [5.41, 5.74) is 4.91. The first kappa shape index (κ1) is 12.6.